The predicted octanol–water partition coefficient (Wildman–Crippen LogP) is 5.82. The van der Waals surface area contributed by atoms with Crippen molar-refractivity contribution in [3.63, 3.8) is 0 Å². The fourth-order valence-electron chi connectivity index (χ4n) is 2.14. The van der Waals surface area contributed by atoms with Crippen LogP contribution in [0.5, 0.6) is 0 Å². The van der Waals surface area contributed by atoms with E-state index in [9.17, 15) is 14.0 Å². The number of carbonyl (C=O) groups excluding carboxylic acids is 2. The van der Waals surface area contributed by atoms with E-state index in [1.165, 1.54) is 17.8 Å². The summed E-state index contributed by atoms with van der Waals surface area (Å²) in [6, 6.07) is 2.62. The summed E-state index contributed by atoms with van der Waals surface area (Å²) in [5.74, 6) is -1.17. The van der Waals surface area contributed by atoms with Crippen molar-refractivity contribution in [2.24, 2.45) is 0 Å². The molecule has 4 nitrogen and oxygen atoms in total. The minimum absolute atomic E-state index is 0.0740. The van der Waals surface area contributed by atoms with Gasteiger partial charge in [0, 0.05) is 11.3 Å². The summed E-state index contributed by atoms with van der Waals surface area (Å²) in [6.45, 7) is 6.16. The molecule has 0 aromatic heterocycles. The summed E-state index contributed by atoms with van der Waals surface area (Å²) < 4.78 is 19.3. The molecule has 1 rings (SSSR count). The SMILES string of the molecule is CCCCCC(=O)Nc1cc(SC(C)C(=O)OCCCC)c(Cl)cc1F. The summed E-state index contributed by atoms with van der Waals surface area (Å²) in [6.07, 6.45) is 4.83. The molecule has 0 aliphatic rings. The first-order chi connectivity index (χ1) is 12.4. The lowest BCUT2D eigenvalue weighted by atomic mass is 10.2. The Morgan fingerprint density at radius 2 is 1.92 bits per heavy atom. The molecule has 146 valence electrons. The number of ether oxygens (including phenoxy) is 1. The van der Waals surface area contributed by atoms with Gasteiger partial charge in [-0.3, -0.25) is 9.59 Å². The van der Waals surface area contributed by atoms with E-state index in [0.717, 1.165) is 38.2 Å². The van der Waals surface area contributed by atoms with E-state index in [1.807, 2.05) is 6.92 Å². The molecular formula is C19H27ClFNO3S. The Hall–Kier alpha value is -1.27. The Morgan fingerprint density at radius 3 is 2.58 bits per heavy atom. The smallest absolute Gasteiger partial charge is 0.319 e. The minimum Gasteiger partial charge on any atom is -0.465 e. The normalized spacial score (nSPS) is 11.9. The zero-order valence-electron chi connectivity index (χ0n) is 15.6. The van der Waals surface area contributed by atoms with Crippen LogP contribution < -0.4 is 5.32 Å². The highest BCUT2D eigenvalue weighted by Crippen LogP contribution is 2.34. The van der Waals surface area contributed by atoms with Gasteiger partial charge in [-0.05, 0) is 31.9 Å². The third kappa shape index (κ3) is 7.96. The van der Waals surface area contributed by atoms with Crippen molar-refractivity contribution in [3.05, 3.63) is 23.0 Å². The standard InChI is InChI=1S/C19H27ClFNO3S/c1-4-6-8-9-18(23)22-16-12-17(14(20)11-15(16)21)26-13(3)19(24)25-10-7-5-2/h11-13H,4-10H2,1-3H3,(H,22,23). The number of thioether (sulfide) groups is 1. The largest absolute Gasteiger partial charge is 0.465 e. The number of nitrogens with one attached hydrogen (secondary N) is 1. The van der Waals surface area contributed by atoms with Crippen LogP contribution in [-0.2, 0) is 14.3 Å². The number of esters is 1. The Labute approximate surface area is 164 Å². The molecule has 1 unspecified atom stereocenters. The van der Waals surface area contributed by atoms with Gasteiger partial charge in [0.2, 0.25) is 5.91 Å². The summed E-state index contributed by atoms with van der Waals surface area (Å²) in [5, 5.41) is 2.29. The van der Waals surface area contributed by atoms with E-state index >= 15 is 0 Å². The Balaban J connectivity index is 2.74. The number of unbranched alkanes of at least 4 members (excludes halogenated alkanes) is 3. The van der Waals surface area contributed by atoms with E-state index in [1.54, 1.807) is 6.92 Å². The third-order valence-electron chi connectivity index (χ3n) is 3.68. The fraction of sp³-hybridized carbons (Fsp3) is 0.579. The highest BCUT2D eigenvalue weighted by atomic mass is 35.5. The van der Waals surface area contributed by atoms with Crippen LogP contribution in [0.3, 0.4) is 0 Å². The molecule has 0 radical (unpaired) electrons. The predicted molar refractivity (Wildman–Crippen MR) is 105 cm³/mol. The van der Waals surface area contributed by atoms with Crippen LogP contribution >= 0.6 is 23.4 Å². The van der Waals surface area contributed by atoms with Crippen LogP contribution in [0.1, 0.15) is 59.3 Å². The first-order valence-electron chi connectivity index (χ1n) is 9.01. The number of rotatable bonds is 11. The number of hydrogen-bond donors (Lipinski definition) is 1. The molecule has 1 amide bonds. The number of anilines is 1. The van der Waals surface area contributed by atoms with Crippen LogP contribution in [0.15, 0.2) is 17.0 Å². The number of halogens is 2. The zero-order valence-corrected chi connectivity index (χ0v) is 17.1. The maximum Gasteiger partial charge on any atom is 0.319 e. The van der Waals surface area contributed by atoms with Crippen LogP contribution in [-0.4, -0.2) is 23.7 Å². The summed E-state index contributed by atoms with van der Waals surface area (Å²) in [4.78, 5) is 24.4. The molecular weight excluding hydrogens is 377 g/mol. The van der Waals surface area contributed by atoms with Crippen LogP contribution in [0, 0.1) is 5.82 Å². The van der Waals surface area contributed by atoms with Crippen LogP contribution in [0.4, 0.5) is 10.1 Å². The van der Waals surface area contributed by atoms with Crippen LogP contribution in [0.2, 0.25) is 5.02 Å². The van der Waals surface area contributed by atoms with Crippen molar-refractivity contribution in [3.8, 4) is 0 Å². The average Bonchev–Trinajstić information content (AvgIpc) is 2.59. The molecule has 26 heavy (non-hydrogen) atoms. The van der Waals surface area contributed by atoms with Gasteiger partial charge in [-0.15, -0.1) is 11.8 Å². The van der Waals surface area contributed by atoms with E-state index in [2.05, 4.69) is 12.2 Å². The van der Waals surface area contributed by atoms with Crippen molar-refractivity contribution < 1.29 is 18.7 Å². The molecule has 0 heterocycles. The Kier molecular flexibility index (Phi) is 10.7. The van der Waals surface area contributed by atoms with E-state index in [-0.39, 0.29) is 22.6 Å². The molecule has 1 atom stereocenters. The van der Waals surface area contributed by atoms with Gasteiger partial charge in [0.1, 0.15) is 11.1 Å². The maximum absolute atomic E-state index is 14.1. The molecule has 0 saturated heterocycles. The second-order valence-electron chi connectivity index (χ2n) is 6.05. The molecule has 0 aliphatic heterocycles. The molecule has 7 heteroatoms. The lowest BCUT2D eigenvalue weighted by Crippen LogP contribution is -2.17. The van der Waals surface area contributed by atoms with Crippen molar-refractivity contribution in [1.82, 2.24) is 0 Å². The lowest BCUT2D eigenvalue weighted by molar-refractivity contribution is -0.142. The maximum atomic E-state index is 14.1. The van der Waals surface area contributed by atoms with Gasteiger partial charge in [0.25, 0.3) is 0 Å². The number of benzene rings is 1. The molecule has 0 fully saturated rings. The molecule has 0 spiro atoms. The molecule has 0 saturated carbocycles. The summed E-state index contributed by atoms with van der Waals surface area (Å²) in [7, 11) is 0. The molecule has 1 N–H and O–H groups in total. The quantitative estimate of drug-likeness (QED) is 0.287. The van der Waals surface area contributed by atoms with E-state index in [4.69, 9.17) is 16.3 Å². The second-order valence-corrected chi connectivity index (χ2v) is 7.84. The minimum atomic E-state index is -0.596. The molecule has 0 bridgehead atoms. The molecule has 0 aliphatic carbocycles. The number of carbonyl (C=O) groups is 2. The van der Waals surface area contributed by atoms with Crippen molar-refractivity contribution >= 4 is 40.9 Å². The highest BCUT2D eigenvalue weighted by Gasteiger charge is 2.19. The summed E-state index contributed by atoms with van der Waals surface area (Å²) >= 11 is 7.27. The molecule has 1 aromatic rings. The zero-order chi connectivity index (χ0) is 19.5. The van der Waals surface area contributed by atoms with Gasteiger partial charge >= 0.3 is 5.97 Å². The van der Waals surface area contributed by atoms with E-state index < -0.39 is 11.1 Å². The van der Waals surface area contributed by atoms with Crippen molar-refractivity contribution in [2.75, 3.05) is 11.9 Å². The van der Waals surface area contributed by atoms with Gasteiger partial charge in [-0.2, -0.15) is 0 Å². The molecule has 1 aromatic carbocycles. The summed E-state index contributed by atoms with van der Waals surface area (Å²) in [5.41, 5.74) is 0.0740. The number of hydrogen-bond acceptors (Lipinski definition) is 4. The lowest BCUT2D eigenvalue weighted by Gasteiger charge is -2.14. The Morgan fingerprint density at radius 1 is 1.23 bits per heavy atom. The first kappa shape index (κ1) is 22.8. The average molecular weight is 404 g/mol. The van der Waals surface area contributed by atoms with Gasteiger partial charge in [-0.1, -0.05) is 44.7 Å². The number of amides is 1. The second kappa shape index (κ2) is 12.2. The van der Waals surface area contributed by atoms with Gasteiger partial charge in [0.15, 0.2) is 0 Å². The highest BCUT2D eigenvalue weighted by molar-refractivity contribution is 8.00. The monoisotopic (exact) mass is 403 g/mol. The van der Waals surface area contributed by atoms with Crippen molar-refractivity contribution in [1.29, 1.82) is 0 Å². The topological polar surface area (TPSA) is 55.4 Å². The first-order valence-corrected chi connectivity index (χ1v) is 10.3. The van der Waals surface area contributed by atoms with Gasteiger partial charge in [-0.25, -0.2) is 4.39 Å². The van der Waals surface area contributed by atoms with Crippen molar-refractivity contribution in [2.45, 2.75) is 69.4 Å². The van der Waals surface area contributed by atoms with Crippen LogP contribution in [0.25, 0.3) is 0 Å². The fourth-order valence-corrected chi connectivity index (χ4v) is 3.32. The van der Waals surface area contributed by atoms with Gasteiger partial charge in [0.05, 0.1) is 17.3 Å². The third-order valence-corrected chi connectivity index (χ3v) is 5.24. The van der Waals surface area contributed by atoms with E-state index in [0.29, 0.717) is 17.9 Å². The Bertz CT molecular complexity index is 613. The van der Waals surface area contributed by atoms with Gasteiger partial charge < -0.3 is 10.1 Å².